The Hall–Kier alpha value is -1.52. The molecule has 2 N–H and O–H groups in total. The smallest absolute Gasteiger partial charge is 0.304 e. The number of carbonyl (C=O) groups excluding carboxylic acids is 2. The fraction of sp³-hybridized carbons (Fsp3) is 0.700. The quantitative estimate of drug-likeness (QED) is 0.568. The van der Waals surface area contributed by atoms with Crippen molar-refractivity contribution in [1.82, 2.24) is 13.9 Å². The number of likely N-dealkylation sites (N-methyl/N-ethyl adjacent to an activating group) is 1. The van der Waals surface area contributed by atoms with Gasteiger partial charge in [0.05, 0.1) is 6.42 Å². The van der Waals surface area contributed by atoms with E-state index in [2.05, 4.69) is 4.72 Å². The molecule has 0 spiro atoms. The predicted molar refractivity (Wildman–Crippen MR) is 67.7 cm³/mol. The van der Waals surface area contributed by atoms with Crippen molar-refractivity contribution in [2.45, 2.75) is 25.3 Å². The van der Waals surface area contributed by atoms with Crippen LogP contribution in [0.3, 0.4) is 0 Å². The minimum Gasteiger partial charge on any atom is -0.481 e. The molecule has 114 valence electrons. The van der Waals surface area contributed by atoms with Crippen molar-refractivity contribution in [2.75, 3.05) is 20.6 Å². The third-order valence-corrected chi connectivity index (χ3v) is 4.58. The number of carboxylic acid groups (broad SMARTS) is 1. The number of rotatable bonds is 6. The van der Waals surface area contributed by atoms with E-state index < -0.39 is 28.1 Å². The van der Waals surface area contributed by atoms with E-state index in [1.54, 1.807) is 0 Å². The van der Waals surface area contributed by atoms with Crippen LogP contribution in [0.4, 0.5) is 0 Å². The lowest BCUT2D eigenvalue weighted by Crippen LogP contribution is -2.55. The molecule has 1 aliphatic rings. The first-order chi connectivity index (χ1) is 9.15. The molecule has 10 heteroatoms. The van der Waals surface area contributed by atoms with Gasteiger partial charge >= 0.3 is 5.97 Å². The van der Waals surface area contributed by atoms with Crippen LogP contribution >= 0.6 is 0 Å². The summed E-state index contributed by atoms with van der Waals surface area (Å²) in [6.45, 7) is -0.208. The fourth-order valence-electron chi connectivity index (χ4n) is 1.67. The number of hydrogen-bond acceptors (Lipinski definition) is 5. The van der Waals surface area contributed by atoms with Gasteiger partial charge in [0.25, 0.3) is 10.2 Å². The zero-order valence-electron chi connectivity index (χ0n) is 11.2. The third kappa shape index (κ3) is 3.99. The topological polar surface area (TPSA) is 124 Å². The summed E-state index contributed by atoms with van der Waals surface area (Å²) in [5, 5.41) is 8.52. The molecular formula is C10H17N3O6S. The Labute approximate surface area is 116 Å². The molecular weight excluding hydrogens is 290 g/mol. The van der Waals surface area contributed by atoms with Crippen molar-refractivity contribution in [3.63, 3.8) is 0 Å². The molecule has 0 saturated carbocycles. The second kappa shape index (κ2) is 6.29. The Morgan fingerprint density at radius 2 is 2.10 bits per heavy atom. The number of piperidine rings is 1. The van der Waals surface area contributed by atoms with Crippen LogP contribution in [0, 0.1) is 0 Å². The Kier molecular flexibility index (Phi) is 5.20. The van der Waals surface area contributed by atoms with Gasteiger partial charge in [-0.2, -0.15) is 17.4 Å². The zero-order valence-corrected chi connectivity index (χ0v) is 12.0. The van der Waals surface area contributed by atoms with Gasteiger partial charge in [-0.15, -0.1) is 0 Å². The fourth-order valence-corrected chi connectivity index (χ4v) is 2.76. The van der Waals surface area contributed by atoms with Gasteiger partial charge in [-0.05, 0) is 6.42 Å². The number of nitrogens with zero attached hydrogens (tertiary/aromatic N) is 2. The Bertz CT molecular complexity index is 517. The standard InChI is InChI=1S/C10H17N3O6S/c1-12(6-5-9(15)16)20(18,19)11-7-3-4-8(14)13(2)10(7)17/h7,11H,3-6H2,1-2H3,(H,15,16). The lowest BCUT2D eigenvalue weighted by Gasteiger charge is -2.29. The molecule has 20 heavy (non-hydrogen) atoms. The number of nitrogens with one attached hydrogen (secondary N) is 1. The number of likely N-dealkylation sites (tertiary alicyclic amines) is 1. The zero-order chi connectivity index (χ0) is 15.5. The van der Waals surface area contributed by atoms with Crippen molar-refractivity contribution < 1.29 is 27.9 Å². The highest BCUT2D eigenvalue weighted by Gasteiger charge is 2.35. The highest BCUT2D eigenvalue weighted by atomic mass is 32.2. The van der Waals surface area contributed by atoms with E-state index in [4.69, 9.17) is 5.11 Å². The van der Waals surface area contributed by atoms with Crippen LogP contribution in [0.25, 0.3) is 0 Å². The van der Waals surface area contributed by atoms with Gasteiger partial charge in [0, 0.05) is 27.1 Å². The summed E-state index contributed by atoms with van der Waals surface area (Å²) in [5.74, 6) is -2.09. The molecule has 1 aliphatic heterocycles. The average molecular weight is 307 g/mol. The van der Waals surface area contributed by atoms with Crippen LogP contribution in [0.2, 0.25) is 0 Å². The van der Waals surface area contributed by atoms with Gasteiger partial charge in [-0.3, -0.25) is 19.3 Å². The first-order valence-corrected chi connectivity index (χ1v) is 7.35. The van der Waals surface area contributed by atoms with Gasteiger partial charge in [-0.1, -0.05) is 0 Å². The lowest BCUT2D eigenvalue weighted by molar-refractivity contribution is -0.147. The molecule has 1 rings (SSSR count). The van der Waals surface area contributed by atoms with Crippen LogP contribution in [0.5, 0.6) is 0 Å². The first-order valence-electron chi connectivity index (χ1n) is 5.91. The van der Waals surface area contributed by atoms with E-state index in [1.807, 2.05) is 0 Å². The van der Waals surface area contributed by atoms with Gasteiger partial charge in [-0.25, -0.2) is 0 Å². The lowest BCUT2D eigenvalue weighted by atomic mass is 10.1. The number of amides is 2. The normalized spacial score (nSPS) is 20.6. The molecule has 9 nitrogen and oxygen atoms in total. The highest BCUT2D eigenvalue weighted by Crippen LogP contribution is 2.13. The van der Waals surface area contributed by atoms with Crippen molar-refractivity contribution in [3.8, 4) is 0 Å². The number of imide groups is 1. The van der Waals surface area contributed by atoms with E-state index in [9.17, 15) is 22.8 Å². The summed E-state index contributed by atoms with van der Waals surface area (Å²) < 4.78 is 26.8. The predicted octanol–water partition coefficient (Wildman–Crippen LogP) is -1.63. The van der Waals surface area contributed by atoms with Crippen LogP contribution < -0.4 is 4.72 Å². The molecule has 1 saturated heterocycles. The van der Waals surface area contributed by atoms with Crippen LogP contribution in [-0.4, -0.2) is 67.2 Å². The van der Waals surface area contributed by atoms with Gasteiger partial charge < -0.3 is 5.11 Å². The highest BCUT2D eigenvalue weighted by molar-refractivity contribution is 7.87. The molecule has 0 aromatic carbocycles. The van der Waals surface area contributed by atoms with E-state index in [-0.39, 0.29) is 31.7 Å². The van der Waals surface area contributed by atoms with Crippen LogP contribution in [0.1, 0.15) is 19.3 Å². The molecule has 1 fully saturated rings. The second-order valence-corrected chi connectivity index (χ2v) is 6.28. The minimum absolute atomic E-state index is 0.0776. The number of carboxylic acids is 1. The summed E-state index contributed by atoms with van der Waals surface area (Å²) in [7, 11) is -1.46. The van der Waals surface area contributed by atoms with Gasteiger partial charge in [0.1, 0.15) is 6.04 Å². The van der Waals surface area contributed by atoms with E-state index in [0.29, 0.717) is 0 Å². The minimum atomic E-state index is -3.97. The van der Waals surface area contributed by atoms with Crippen molar-refractivity contribution in [1.29, 1.82) is 0 Å². The van der Waals surface area contributed by atoms with Crippen LogP contribution in [0.15, 0.2) is 0 Å². The summed E-state index contributed by atoms with van der Waals surface area (Å²) in [6, 6.07) is -1.00. The SMILES string of the molecule is CN1C(=O)CCC(NS(=O)(=O)N(C)CCC(=O)O)C1=O. The van der Waals surface area contributed by atoms with Crippen molar-refractivity contribution in [3.05, 3.63) is 0 Å². The molecule has 0 aromatic heterocycles. The summed E-state index contributed by atoms with van der Waals surface area (Å²) in [6.07, 6.45) is -0.170. The van der Waals surface area contributed by atoms with E-state index in [0.717, 1.165) is 9.21 Å². The molecule has 0 aromatic rings. The van der Waals surface area contributed by atoms with Gasteiger partial charge in [0.15, 0.2) is 0 Å². The average Bonchev–Trinajstić information content (AvgIpc) is 2.36. The van der Waals surface area contributed by atoms with E-state index >= 15 is 0 Å². The van der Waals surface area contributed by atoms with Crippen molar-refractivity contribution in [2.24, 2.45) is 0 Å². The van der Waals surface area contributed by atoms with Crippen LogP contribution in [-0.2, 0) is 24.6 Å². The Morgan fingerprint density at radius 1 is 1.50 bits per heavy atom. The summed E-state index contributed by atoms with van der Waals surface area (Å²) in [5.41, 5.74) is 0. The molecule has 0 bridgehead atoms. The summed E-state index contributed by atoms with van der Waals surface area (Å²) >= 11 is 0. The number of carbonyl (C=O) groups is 3. The molecule has 2 amide bonds. The molecule has 0 radical (unpaired) electrons. The maximum atomic E-state index is 11.9. The number of hydrogen-bond donors (Lipinski definition) is 2. The third-order valence-electron chi connectivity index (χ3n) is 2.99. The molecule has 1 unspecified atom stereocenters. The van der Waals surface area contributed by atoms with Crippen molar-refractivity contribution >= 4 is 28.0 Å². The maximum Gasteiger partial charge on any atom is 0.304 e. The molecule has 1 heterocycles. The maximum absolute atomic E-state index is 11.9. The monoisotopic (exact) mass is 307 g/mol. The molecule has 0 aliphatic carbocycles. The second-order valence-electron chi connectivity index (χ2n) is 4.47. The first kappa shape index (κ1) is 16.5. The molecule has 1 atom stereocenters. The largest absolute Gasteiger partial charge is 0.481 e. The summed E-state index contributed by atoms with van der Waals surface area (Å²) in [4.78, 5) is 34.3. The van der Waals surface area contributed by atoms with E-state index in [1.165, 1.54) is 14.1 Å². The number of aliphatic carboxylic acids is 1. The Morgan fingerprint density at radius 3 is 2.65 bits per heavy atom. The Balaban J connectivity index is 2.68. The van der Waals surface area contributed by atoms with Gasteiger partial charge in [0.2, 0.25) is 11.8 Å².